The van der Waals surface area contributed by atoms with Crippen LogP contribution in [0.4, 0.5) is 5.13 Å². The number of rotatable bonds is 3. The molecule has 1 saturated carbocycles. The number of nitrogens with zero attached hydrogens (tertiary/aromatic N) is 3. The molecule has 6 heteroatoms. The lowest BCUT2D eigenvalue weighted by atomic mass is 10.1. The van der Waals surface area contributed by atoms with Gasteiger partial charge in [0.05, 0.1) is 5.41 Å². The molecule has 2 aliphatic rings. The molecule has 1 aromatic heterocycles. The summed E-state index contributed by atoms with van der Waals surface area (Å²) in [6.07, 6.45) is 3.76. The number of nitrogens with two attached hydrogens (primary N) is 1. The Hall–Kier alpha value is -1.14. The number of amides is 1. The molecule has 1 aliphatic carbocycles. The van der Waals surface area contributed by atoms with Crippen molar-refractivity contribution in [1.82, 2.24) is 9.88 Å². The summed E-state index contributed by atoms with van der Waals surface area (Å²) in [5.41, 5.74) is 5.51. The van der Waals surface area contributed by atoms with Gasteiger partial charge in [-0.2, -0.15) is 0 Å². The molecule has 1 aliphatic heterocycles. The first kappa shape index (κ1) is 11.9. The molecule has 2 heterocycles. The maximum Gasteiger partial charge on any atom is 0.230 e. The van der Waals surface area contributed by atoms with E-state index in [1.807, 2.05) is 16.5 Å². The van der Waals surface area contributed by atoms with E-state index in [2.05, 4.69) is 9.88 Å². The Labute approximate surface area is 111 Å². The second-order valence-electron chi connectivity index (χ2n) is 5.08. The smallest absolute Gasteiger partial charge is 0.230 e. The summed E-state index contributed by atoms with van der Waals surface area (Å²) in [6, 6.07) is 0. The Kier molecular flexibility index (Phi) is 2.99. The molecule has 0 atom stereocenters. The van der Waals surface area contributed by atoms with Crippen molar-refractivity contribution < 1.29 is 4.79 Å². The fourth-order valence-corrected chi connectivity index (χ4v) is 3.16. The number of carbonyl (C=O) groups excluding carboxylic acids is 1. The van der Waals surface area contributed by atoms with Crippen LogP contribution in [0.15, 0.2) is 11.6 Å². The van der Waals surface area contributed by atoms with Crippen molar-refractivity contribution in [2.45, 2.75) is 12.8 Å². The molecule has 98 valence electrons. The largest absolute Gasteiger partial charge is 0.345 e. The highest BCUT2D eigenvalue weighted by Gasteiger charge is 2.50. The van der Waals surface area contributed by atoms with Gasteiger partial charge in [-0.15, -0.1) is 11.3 Å². The fourth-order valence-electron chi connectivity index (χ4n) is 2.46. The van der Waals surface area contributed by atoms with E-state index < -0.39 is 0 Å². The van der Waals surface area contributed by atoms with E-state index >= 15 is 0 Å². The highest BCUT2D eigenvalue weighted by Crippen LogP contribution is 2.46. The fraction of sp³-hybridized carbons (Fsp3) is 0.667. The molecule has 2 N–H and O–H groups in total. The predicted octanol–water partition coefficient (Wildman–Crippen LogP) is 0.531. The summed E-state index contributed by atoms with van der Waals surface area (Å²) in [5.74, 6) is 0.267. The third-order valence-electron chi connectivity index (χ3n) is 3.95. The van der Waals surface area contributed by atoms with Gasteiger partial charge in [0.15, 0.2) is 5.13 Å². The van der Waals surface area contributed by atoms with E-state index in [1.54, 1.807) is 11.3 Å². The predicted molar refractivity (Wildman–Crippen MR) is 71.6 cm³/mol. The topological polar surface area (TPSA) is 62.5 Å². The highest BCUT2D eigenvalue weighted by molar-refractivity contribution is 7.13. The van der Waals surface area contributed by atoms with Crippen molar-refractivity contribution in [3.63, 3.8) is 0 Å². The van der Waals surface area contributed by atoms with Gasteiger partial charge < -0.3 is 15.5 Å². The van der Waals surface area contributed by atoms with Crippen molar-refractivity contribution in [2.24, 2.45) is 11.1 Å². The summed E-state index contributed by atoms with van der Waals surface area (Å²) in [7, 11) is 0. The number of carbonyl (C=O) groups is 1. The lowest BCUT2D eigenvalue weighted by molar-refractivity contribution is -0.136. The quantitative estimate of drug-likeness (QED) is 0.867. The molecule has 5 nitrogen and oxygen atoms in total. The number of anilines is 1. The Morgan fingerprint density at radius 1 is 1.39 bits per heavy atom. The molecule has 1 aromatic rings. The summed E-state index contributed by atoms with van der Waals surface area (Å²) >= 11 is 1.65. The third-order valence-corrected chi connectivity index (χ3v) is 4.79. The molecule has 18 heavy (non-hydrogen) atoms. The van der Waals surface area contributed by atoms with Gasteiger partial charge in [-0.3, -0.25) is 4.79 Å². The summed E-state index contributed by atoms with van der Waals surface area (Å²) in [6.45, 7) is 3.83. The van der Waals surface area contributed by atoms with E-state index in [-0.39, 0.29) is 11.3 Å². The minimum absolute atomic E-state index is 0.205. The Balaban J connectivity index is 1.59. The van der Waals surface area contributed by atoms with Crippen LogP contribution in [0.5, 0.6) is 0 Å². The molecular weight excluding hydrogens is 248 g/mol. The van der Waals surface area contributed by atoms with Gasteiger partial charge in [-0.1, -0.05) is 0 Å². The monoisotopic (exact) mass is 266 g/mol. The third kappa shape index (κ3) is 1.99. The zero-order valence-corrected chi connectivity index (χ0v) is 11.2. The van der Waals surface area contributed by atoms with Crippen LogP contribution in [0.1, 0.15) is 12.8 Å². The second-order valence-corrected chi connectivity index (χ2v) is 5.95. The molecular formula is C12H18N4OS. The average molecular weight is 266 g/mol. The number of thiazole rings is 1. The van der Waals surface area contributed by atoms with Crippen LogP contribution < -0.4 is 10.6 Å². The van der Waals surface area contributed by atoms with Crippen LogP contribution >= 0.6 is 11.3 Å². The van der Waals surface area contributed by atoms with Gasteiger partial charge in [-0.25, -0.2) is 4.98 Å². The first-order valence-corrected chi connectivity index (χ1v) is 7.27. The first-order chi connectivity index (χ1) is 8.75. The molecule has 1 saturated heterocycles. The zero-order chi connectivity index (χ0) is 12.6. The van der Waals surface area contributed by atoms with Crippen LogP contribution in [0.3, 0.4) is 0 Å². The van der Waals surface area contributed by atoms with Gasteiger partial charge in [0.25, 0.3) is 0 Å². The average Bonchev–Trinajstić information content (AvgIpc) is 3.04. The van der Waals surface area contributed by atoms with Crippen LogP contribution in [0.2, 0.25) is 0 Å². The maximum atomic E-state index is 12.3. The summed E-state index contributed by atoms with van der Waals surface area (Å²) in [5, 5.41) is 3.04. The molecule has 1 amide bonds. The van der Waals surface area contributed by atoms with Gasteiger partial charge >= 0.3 is 0 Å². The van der Waals surface area contributed by atoms with Crippen molar-refractivity contribution in [1.29, 1.82) is 0 Å². The Bertz CT molecular complexity index is 421. The first-order valence-electron chi connectivity index (χ1n) is 6.39. The molecule has 0 spiro atoms. The van der Waals surface area contributed by atoms with Crippen molar-refractivity contribution in [3.05, 3.63) is 11.6 Å². The van der Waals surface area contributed by atoms with Crippen LogP contribution in [0, 0.1) is 5.41 Å². The van der Waals surface area contributed by atoms with Gasteiger partial charge in [-0.05, 0) is 12.8 Å². The molecule has 0 radical (unpaired) electrons. The molecule has 0 aromatic carbocycles. The van der Waals surface area contributed by atoms with E-state index in [0.717, 1.165) is 44.2 Å². The number of hydrogen-bond donors (Lipinski definition) is 1. The van der Waals surface area contributed by atoms with Gasteiger partial charge in [0.1, 0.15) is 0 Å². The van der Waals surface area contributed by atoms with Crippen molar-refractivity contribution >= 4 is 22.4 Å². The molecule has 0 bridgehead atoms. The summed E-state index contributed by atoms with van der Waals surface area (Å²) in [4.78, 5) is 20.9. The molecule has 3 rings (SSSR count). The summed E-state index contributed by atoms with van der Waals surface area (Å²) < 4.78 is 0. The van der Waals surface area contributed by atoms with Crippen LogP contribution in [-0.2, 0) is 4.79 Å². The Morgan fingerprint density at radius 3 is 2.61 bits per heavy atom. The molecule has 2 fully saturated rings. The van der Waals surface area contributed by atoms with E-state index in [9.17, 15) is 4.79 Å². The maximum absolute atomic E-state index is 12.3. The lowest BCUT2D eigenvalue weighted by Crippen LogP contribution is -2.51. The minimum atomic E-state index is -0.205. The number of aromatic nitrogens is 1. The SMILES string of the molecule is NCC1(C(=O)N2CCN(c3nccs3)CC2)CC1. The minimum Gasteiger partial charge on any atom is -0.345 e. The highest BCUT2D eigenvalue weighted by atomic mass is 32.1. The second kappa shape index (κ2) is 4.51. The Morgan fingerprint density at radius 2 is 2.11 bits per heavy atom. The van der Waals surface area contributed by atoms with Crippen LogP contribution in [-0.4, -0.2) is 48.5 Å². The molecule has 0 unspecified atom stereocenters. The van der Waals surface area contributed by atoms with Crippen molar-refractivity contribution in [2.75, 3.05) is 37.6 Å². The van der Waals surface area contributed by atoms with E-state index in [0.29, 0.717) is 6.54 Å². The number of hydrogen-bond acceptors (Lipinski definition) is 5. The van der Waals surface area contributed by atoms with Crippen molar-refractivity contribution in [3.8, 4) is 0 Å². The van der Waals surface area contributed by atoms with Crippen LogP contribution in [0.25, 0.3) is 0 Å². The van der Waals surface area contributed by atoms with Gasteiger partial charge in [0, 0.05) is 44.3 Å². The normalized spacial score (nSPS) is 22.1. The zero-order valence-electron chi connectivity index (χ0n) is 10.3. The number of piperazine rings is 1. The lowest BCUT2D eigenvalue weighted by Gasteiger charge is -2.36. The van der Waals surface area contributed by atoms with E-state index in [4.69, 9.17) is 5.73 Å². The standard InChI is InChI=1S/C12H18N4OS/c13-9-12(1-2-12)10(17)15-4-6-16(7-5-15)11-14-3-8-18-11/h3,8H,1-2,4-7,9,13H2. The van der Waals surface area contributed by atoms with E-state index in [1.165, 1.54) is 0 Å². The van der Waals surface area contributed by atoms with Gasteiger partial charge in [0.2, 0.25) is 5.91 Å².